The van der Waals surface area contributed by atoms with Crippen molar-refractivity contribution >= 4 is 18.4 Å². The van der Waals surface area contributed by atoms with Crippen molar-refractivity contribution in [3.63, 3.8) is 0 Å². The first-order chi connectivity index (χ1) is 4.55. The van der Waals surface area contributed by atoms with E-state index in [9.17, 15) is 4.79 Å². The summed E-state index contributed by atoms with van der Waals surface area (Å²) >= 11 is 0. The third-order valence-electron chi connectivity index (χ3n) is 1.96. The van der Waals surface area contributed by atoms with Crippen molar-refractivity contribution in [2.75, 3.05) is 7.11 Å². The smallest absolute Gasteiger partial charge is 0.308 e. The van der Waals surface area contributed by atoms with Crippen LogP contribution in [-0.4, -0.2) is 18.6 Å². The van der Waals surface area contributed by atoms with Crippen molar-refractivity contribution in [2.45, 2.75) is 25.3 Å². The summed E-state index contributed by atoms with van der Waals surface area (Å²) in [4.78, 5) is 10.8. The Hall–Kier alpha value is -0.280. The topological polar surface area (TPSA) is 52.3 Å². The molecule has 1 saturated carbocycles. The first-order valence-electron chi connectivity index (χ1n) is 3.42. The summed E-state index contributed by atoms with van der Waals surface area (Å²) < 4.78 is 4.55. The van der Waals surface area contributed by atoms with Gasteiger partial charge in [0, 0.05) is 5.54 Å². The van der Waals surface area contributed by atoms with E-state index in [1.165, 1.54) is 7.11 Å². The molecule has 0 unspecified atom stereocenters. The first kappa shape index (κ1) is 10.7. The Kier molecular flexibility index (Phi) is 3.32. The zero-order chi connectivity index (χ0) is 7.78. The zero-order valence-corrected chi connectivity index (χ0v) is 7.61. The highest BCUT2D eigenvalue weighted by molar-refractivity contribution is 5.85. The molecular formula is C7H14ClNO2. The lowest BCUT2D eigenvalue weighted by molar-refractivity contribution is -0.150. The second-order valence-corrected chi connectivity index (χ2v) is 3.28. The zero-order valence-electron chi connectivity index (χ0n) is 6.79. The summed E-state index contributed by atoms with van der Waals surface area (Å²) in [5.74, 6) is -0.0667. The highest BCUT2D eigenvalue weighted by atomic mass is 35.5. The maximum absolute atomic E-state index is 10.8. The molecule has 11 heavy (non-hydrogen) atoms. The minimum atomic E-state index is -0.126. The largest absolute Gasteiger partial charge is 0.469 e. The summed E-state index contributed by atoms with van der Waals surface area (Å²) in [5.41, 5.74) is 5.57. The molecular weight excluding hydrogens is 166 g/mol. The number of rotatable bonds is 1. The van der Waals surface area contributed by atoms with Crippen LogP contribution in [0.2, 0.25) is 0 Å². The van der Waals surface area contributed by atoms with Crippen molar-refractivity contribution < 1.29 is 9.53 Å². The number of carbonyl (C=O) groups is 1. The molecule has 2 N–H and O–H groups in total. The quantitative estimate of drug-likeness (QED) is 0.604. The highest BCUT2D eigenvalue weighted by Gasteiger charge is 2.41. The standard InChI is InChI=1S/C7H13NO2.ClH/c1-7(8)3-5(4-7)6(9)10-2;/h5H,3-4,8H2,1-2H3;1H. The van der Waals surface area contributed by atoms with Crippen molar-refractivity contribution in [2.24, 2.45) is 11.7 Å². The Balaban J connectivity index is 0.000001000. The number of halogens is 1. The van der Waals surface area contributed by atoms with Gasteiger partial charge in [-0.05, 0) is 19.8 Å². The van der Waals surface area contributed by atoms with Gasteiger partial charge in [0.05, 0.1) is 13.0 Å². The minimum absolute atomic E-state index is 0. The van der Waals surface area contributed by atoms with Crippen molar-refractivity contribution in [1.29, 1.82) is 0 Å². The molecule has 0 aromatic heterocycles. The van der Waals surface area contributed by atoms with E-state index in [2.05, 4.69) is 4.74 Å². The van der Waals surface area contributed by atoms with Crippen LogP contribution < -0.4 is 5.73 Å². The summed E-state index contributed by atoms with van der Waals surface area (Å²) in [7, 11) is 1.41. The Morgan fingerprint density at radius 3 is 2.36 bits per heavy atom. The lowest BCUT2D eigenvalue weighted by Gasteiger charge is -2.40. The Morgan fingerprint density at radius 2 is 2.09 bits per heavy atom. The fourth-order valence-corrected chi connectivity index (χ4v) is 1.40. The van der Waals surface area contributed by atoms with E-state index < -0.39 is 0 Å². The summed E-state index contributed by atoms with van der Waals surface area (Å²) in [6.07, 6.45) is 1.53. The van der Waals surface area contributed by atoms with Crippen LogP contribution in [0.5, 0.6) is 0 Å². The van der Waals surface area contributed by atoms with Crippen molar-refractivity contribution in [3.05, 3.63) is 0 Å². The molecule has 0 spiro atoms. The third kappa shape index (κ3) is 2.34. The molecule has 0 radical (unpaired) electrons. The molecule has 1 aliphatic carbocycles. The van der Waals surface area contributed by atoms with Crippen LogP contribution in [0.15, 0.2) is 0 Å². The van der Waals surface area contributed by atoms with Crippen LogP contribution in [0.3, 0.4) is 0 Å². The van der Waals surface area contributed by atoms with E-state index in [1.54, 1.807) is 0 Å². The molecule has 1 rings (SSSR count). The molecule has 4 heteroatoms. The van der Waals surface area contributed by atoms with Gasteiger partial charge in [-0.15, -0.1) is 12.4 Å². The molecule has 1 fully saturated rings. The van der Waals surface area contributed by atoms with Gasteiger partial charge in [-0.2, -0.15) is 0 Å². The van der Waals surface area contributed by atoms with E-state index in [4.69, 9.17) is 5.73 Å². The van der Waals surface area contributed by atoms with Gasteiger partial charge in [-0.25, -0.2) is 0 Å². The summed E-state index contributed by atoms with van der Waals surface area (Å²) in [6.45, 7) is 1.95. The van der Waals surface area contributed by atoms with E-state index in [-0.39, 0.29) is 29.8 Å². The van der Waals surface area contributed by atoms with E-state index >= 15 is 0 Å². The average molecular weight is 180 g/mol. The fourth-order valence-electron chi connectivity index (χ4n) is 1.40. The SMILES string of the molecule is COC(=O)C1CC(C)(N)C1.Cl. The van der Waals surface area contributed by atoms with Crippen molar-refractivity contribution in [3.8, 4) is 0 Å². The van der Waals surface area contributed by atoms with Gasteiger partial charge in [0.15, 0.2) is 0 Å². The van der Waals surface area contributed by atoms with Crippen LogP contribution >= 0.6 is 12.4 Å². The second kappa shape index (κ2) is 3.41. The third-order valence-corrected chi connectivity index (χ3v) is 1.96. The molecule has 66 valence electrons. The Bertz CT molecular complexity index is 151. The van der Waals surface area contributed by atoms with Gasteiger partial charge in [0.1, 0.15) is 0 Å². The average Bonchev–Trinajstić information content (AvgIpc) is 1.81. The number of hydrogen-bond acceptors (Lipinski definition) is 3. The fraction of sp³-hybridized carbons (Fsp3) is 0.857. The van der Waals surface area contributed by atoms with E-state index in [0.29, 0.717) is 0 Å². The Morgan fingerprint density at radius 1 is 1.64 bits per heavy atom. The maximum Gasteiger partial charge on any atom is 0.308 e. The van der Waals surface area contributed by atoms with E-state index in [0.717, 1.165) is 12.8 Å². The van der Waals surface area contributed by atoms with Crippen molar-refractivity contribution in [1.82, 2.24) is 0 Å². The maximum atomic E-state index is 10.8. The van der Waals surface area contributed by atoms with Gasteiger partial charge in [0.2, 0.25) is 0 Å². The van der Waals surface area contributed by atoms with Gasteiger partial charge in [0.25, 0.3) is 0 Å². The monoisotopic (exact) mass is 179 g/mol. The van der Waals surface area contributed by atoms with Crippen LogP contribution in [0, 0.1) is 5.92 Å². The van der Waals surface area contributed by atoms with Crippen LogP contribution in [-0.2, 0) is 9.53 Å². The number of ether oxygens (including phenoxy) is 1. The molecule has 0 saturated heterocycles. The molecule has 3 nitrogen and oxygen atoms in total. The van der Waals surface area contributed by atoms with Gasteiger partial charge >= 0.3 is 5.97 Å². The number of methoxy groups -OCH3 is 1. The lowest BCUT2D eigenvalue weighted by Crippen LogP contribution is -2.51. The van der Waals surface area contributed by atoms with Crippen LogP contribution in [0.1, 0.15) is 19.8 Å². The summed E-state index contributed by atoms with van der Waals surface area (Å²) in [5, 5.41) is 0. The van der Waals surface area contributed by atoms with E-state index in [1.807, 2.05) is 6.92 Å². The highest BCUT2D eigenvalue weighted by Crippen LogP contribution is 2.35. The molecule has 0 aromatic rings. The van der Waals surface area contributed by atoms with Gasteiger partial charge in [-0.3, -0.25) is 4.79 Å². The predicted molar refractivity (Wildman–Crippen MR) is 44.6 cm³/mol. The second-order valence-electron chi connectivity index (χ2n) is 3.28. The number of hydrogen-bond donors (Lipinski definition) is 1. The van der Waals surface area contributed by atoms with Gasteiger partial charge in [-0.1, -0.05) is 0 Å². The normalized spacial score (nSPS) is 35.0. The van der Waals surface area contributed by atoms with Crippen LogP contribution in [0.4, 0.5) is 0 Å². The van der Waals surface area contributed by atoms with Crippen LogP contribution in [0.25, 0.3) is 0 Å². The minimum Gasteiger partial charge on any atom is -0.469 e. The molecule has 0 aliphatic heterocycles. The number of esters is 1. The molecule has 0 amide bonds. The number of nitrogens with two attached hydrogens (primary N) is 1. The van der Waals surface area contributed by atoms with Gasteiger partial charge < -0.3 is 10.5 Å². The molecule has 0 atom stereocenters. The lowest BCUT2D eigenvalue weighted by atomic mass is 9.70. The first-order valence-corrected chi connectivity index (χ1v) is 3.42. The predicted octanol–water partition coefficient (Wildman–Crippen LogP) is 0.709. The molecule has 0 bridgehead atoms. The Labute approximate surface area is 72.7 Å². The molecule has 0 aromatic carbocycles. The molecule has 1 aliphatic rings. The number of carbonyl (C=O) groups excluding carboxylic acids is 1. The summed E-state index contributed by atoms with van der Waals surface area (Å²) in [6, 6.07) is 0. The molecule has 0 heterocycles.